The first kappa shape index (κ1) is 24.4. The zero-order valence-electron chi connectivity index (χ0n) is 19.4. The van der Waals surface area contributed by atoms with E-state index in [4.69, 9.17) is 0 Å². The van der Waals surface area contributed by atoms with Crippen LogP contribution in [0.5, 0.6) is 0 Å². The highest BCUT2D eigenvalue weighted by molar-refractivity contribution is 8.40. The Morgan fingerprint density at radius 1 is 0.692 bits per heavy atom. The van der Waals surface area contributed by atoms with Gasteiger partial charge >= 0.3 is 0 Å². The number of rotatable bonds is 3. The molecule has 0 nitrogen and oxygen atoms in total. The molecule has 0 bridgehead atoms. The van der Waals surface area contributed by atoms with Crippen molar-refractivity contribution in [2.45, 2.75) is 110 Å². The first-order chi connectivity index (χ1) is 11.4. The second-order valence-electron chi connectivity index (χ2n) is 11.5. The number of hydrogen-bond acceptors (Lipinski definition) is 0. The van der Waals surface area contributed by atoms with Crippen molar-refractivity contribution >= 4 is 21.7 Å². The van der Waals surface area contributed by atoms with E-state index in [1.165, 1.54) is 11.7 Å². The Labute approximate surface area is 167 Å². The van der Waals surface area contributed by atoms with Crippen molar-refractivity contribution < 1.29 is 0 Å². The molecule has 0 saturated heterocycles. The van der Waals surface area contributed by atoms with E-state index in [0.29, 0.717) is 20.6 Å². The van der Waals surface area contributed by atoms with Gasteiger partial charge < -0.3 is 0 Å². The predicted octanol–water partition coefficient (Wildman–Crippen LogP) is 9.66. The molecule has 0 amide bonds. The fourth-order valence-electron chi connectivity index (χ4n) is 4.06. The molecule has 0 aliphatic heterocycles. The van der Waals surface area contributed by atoms with E-state index >= 15 is 0 Å². The molecule has 0 fully saturated rings. The van der Waals surface area contributed by atoms with Gasteiger partial charge in [-0.1, -0.05) is 128 Å². The van der Waals surface area contributed by atoms with Crippen LogP contribution in [-0.4, -0.2) is 20.6 Å². The maximum atomic E-state index is 2.51. The normalized spacial score (nSPS) is 15.0. The Hall–Kier alpha value is 0.380. The Kier molecular flexibility index (Phi) is 7.53. The highest BCUT2D eigenvalue weighted by Gasteiger charge is 2.45. The Morgan fingerprint density at radius 3 is 1.38 bits per heavy atom. The summed E-state index contributed by atoms with van der Waals surface area (Å²) in [5.41, 5.74) is 1.52. The molecule has 0 aliphatic rings. The molecule has 0 atom stereocenters. The topological polar surface area (TPSA) is 0 Å². The van der Waals surface area contributed by atoms with Crippen LogP contribution >= 0.6 is 21.7 Å². The Morgan fingerprint density at radius 2 is 1.08 bits per heavy atom. The van der Waals surface area contributed by atoms with Crippen LogP contribution in [0.2, 0.25) is 0 Å². The van der Waals surface area contributed by atoms with Gasteiger partial charge in [0.2, 0.25) is 0 Å². The fraction of sp³-hybridized carbons (Fsp3) is 0.739. The molecular weight excluding hydrogens is 369 g/mol. The predicted molar refractivity (Wildman–Crippen MR) is 130 cm³/mol. The van der Waals surface area contributed by atoms with E-state index in [-0.39, 0.29) is 7.61 Å². The van der Waals surface area contributed by atoms with E-state index in [1.54, 1.807) is 7.56 Å². The molecule has 0 unspecified atom stereocenters. The van der Waals surface area contributed by atoms with Crippen LogP contribution in [0.3, 0.4) is 0 Å². The van der Waals surface area contributed by atoms with Crippen LogP contribution in [0.4, 0.5) is 0 Å². The van der Waals surface area contributed by atoms with Crippen molar-refractivity contribution in [2.75, 3.05) is 0 Å². The molecule has 3 heteroatoms. The molecule has 1 aromatic carbocycles. The maximum absolute atomic E-state index is 2.51. The summed E-state index contributed by atoms with van der Waals surface area (Å²) in [5, 5.41) is 1.40. The summed E-state index contributed by atoms with van der Waals surface area (Å²) in [6, 6.07) is 11.3. The first-order valence-electron chi connectivity index (χ1n) is 9.87. The molecule has 26 heavy (non-hydrogen) atoms. The average molecular weight is 413 g/mol. The molecule has 1 aromatic rings. The van der Waals surface area contributed by atoms with Crippen molar-refractivity contribution in [3.63, 3.8) is 0 Å². The van der Waals surface area contributed by atoms with Gasteiger partial charge in [-0.05, 0) is 40.0 Å². The lowest BCUT2D eigenvalue weighted by atomic mass is 10.2. The van der Waals surface area contributed by atoms with E-state index < -0.39 is 6.55 Å². The van der Waals surface area contributed by atoms with Crippen LogP contribution < -0.4 is 0 Å². The minimum Gasteiger partial charge on any atom is -0.0780 e. The fourth-order valence-corrected chi connectivity index (χ4v) is 29.0. The molecule has 0 heterocycles. The second kappa shape index (κ2) is 8.02. The van der Waals surface area contributed by atoms with Gasteiger partial charge in [0, 0.05) is 0 Å². The highest BCUT2D eigenvalue weighted by atomic mass is 32.3. The smallest absolute Gasteiger partial charge is 0.00260 e. The van der Waals surface area contributed by atoms with Crippen molar-refractivity contribution in [2.24, 2.45) is 0 Å². The minimum absolute atomic E-state index is 0.134. The van der Waals surface area contributed by atoms with Gasteiger partial charge in [-0.2, -0.15) is 0 Å². The van der Waals surface area contributed by atoms with E-state index in [1.807, 2.05) is 0 Å². The van der Waals surface area contributed by atoms with Crippen molar-refractivity contribution in [3.05, 3.63) is 35.9 Å². The van der Waals surface area contributed by atoms with Crippen LogP contribution in [-0.2, 0) is 6.16 Å². The van der Waals surface area contributed by atoms with Gasteiger partial charge in [0.25, 0.3) is 0 Å². The van der Waals surface area contributed by atoms with Crippen molar-refractivity contribution in [1.29, 1.82) is 0 Å². The van der Waals surface area contributed by atoms with Crippen LogP contribution in [0.15, 0.2) is 30.3 Å². The molecule has 0 aromatic heterocycles. The van der Waals surface area contributed by atoms with Gasteiger partial charge in [0.15, 0.2) is 0 Å². The SMILES string of the molecule is CC(C)(C)P(P=P(Cc1ccccc1)(C(C)(C)C)C(C)(C)C)C(C)(C)C. The lowest BCUT2D eigenvalue weighted by molar-refractivity contribution is 0.699. The summed E-state index contributed by atoms with van der Waals surface area (Å²) in [6.07, 6.45) is 1.26. The summed E-state index contributed by atoms with van der Waals surface area (Å²) in [4.78, 5) is 0. The highest BCUT2D eigenvalue weighted by Crippen LogP contribution is 2.85. The molecule has 0 aliphatic carbocycles. The third-order valence-electron chi connectivity index (χ3n) is 4.99. The van der Waals surface area contributed by atoms with Gasteiger partial charge in [-0.3, -0.25) is 0 Å². The van der Waals surface area contributed by atoms with Crippen LogP contribution in [0, 0.1) is 0 Å². The van der Waals surface area contributed by atoms with E-state index in [2.05, 4.69) is 113 Å². The van der Waals surface area contributed by atoms with Crippen LogP contribution in [0.25, 0.3) is 0 Å². The summed E-state index contributed by atoms with van der Waals surface area (Å²) < 4.78 is 0. The summed E-state index contributed by atoms with van der Waals surface area (Å²) in [6.45, 7) is 28.6. The van der Waals surface area contributed by atoms with Crippen molar-refractivity contribution in [3.8, 4) is 0 Å². The lowest BCUT2D eigenvalue weighted by Crippen LogP contribution is -2.30. The van der Waals surface area contributed by atoms with Gasteiger partial charge in [-0.15, -0.1) is 0 Å². The Balaban J connectivity index is 3.83. The maximum Gasteiger partial charge on any atom is -0.00260 e. The van der Waals surface area contributed by atoms with Crippen LogP contribution in [0.1, 0.15) is 88.6 Å². The zero-order valence-corrected chi connectivity index (χ0v) is 22.1. The van der Waals surface area contributed by atoms with Gasteiger partial charge in [-0.25, -0.2) is 0 Å². The third-order valence-corrected chi connectivity index (χ3v) is 26.7. The largest absolute Gasteiger partial charge is 0.0780 e. The molecule has 0 radical (unpaired) electrons. The van der Waals surface area contributed by atoms with Gasteiger partial charge in [0.1, 0.15) is 0 Å². The first-order valence-corrected chi connectivity index (χ1v) is 15.5. The quantitative estimate of drug-likeness (QED) is 0.433. The second-order valence-corrected chi connectivity index (χ2v) is 24.9. The molecule has 0 saturated carbocycles. The number of hydrogen-bond donors (Lipinski definition) is 0. The summed E-state index contributed by atoms with van der Waals surface area (Å²) >= 11 is 0. The van der Waals surface area contributed by atoms with E-state index in [9.17, 15) is 0 Å². The minimum atomic E-state index is -1.33. The average Bonchev–Trinajstić information content (AvgIpc) is 2.38. The summed E-state index contributed by atoms with van der Waals surface area (Å²) in [5.74, 6) is 0. The number of benzene rings is 1. The summed E-state index contributed by atoms with van der Waals surface area (Å²) in [7, 11) is 1.63. The Bertz CT molecular complexity index is 597. The lowest BCUT2D eigenvalue weighted by Gasteiger charge is -2.51. The molecule has 1 rings (SSSR count). The molecular formula is C23H43P3. The monoisotopic (exact) mass is 412 g/mol. The van der Waals surface area contributed by atoms with Crippen molar-refractivity contribution in [1.82, 2.24) is 0 Å². The zero-order chi connectivity index (χ0) is 20.6. The third kappa shape index (κ3) is 5.69. The standard InChI is InChI=1S/C23H43P3/c1-20(2,3)25(21(4,5)6)24-26(22(7,8)9,23(10,11)12)18-19-16-14-13-15-17-19/h13-17H,18H2,1-12H3. The molecule has 150 valence electrons. The molecule has 0 N–H and O–H groups in total. The van der Waals surface area contributed by atoms with Gasteiger partial charge in [0.05, 0.1) is 0 Å². The molecule has 0 spiro atoms. The van der Waals surface area contributed by atoms with E-state index in [0.717, 1.165) is 0 Å².